The van der Waals surface area contributed by atoms with Gasteiger partial charge in [-0.15, -0.1) is 0 Å². The number of aldehydes is 1. The lowest BCUT2D eigenvalue weighted by atomic mass is 9.88. The molecule has 2 aromatic heterocycles. The van der Waals surface area contributed by atoms with E-state index in [1.165, 1.54) is 36.4 Å². The summed E-state index contributed by atoms with van der Waals surface area (Å²) in [5.41, 5.74) is -0.303. The van der Waals surface area contributed by atoms with Gasteiger partial charge < -0.3 is 4.74 Å². The second-order valence-corrected chi connectivity index (χ2v) is 10.6. The van der Waals surface area contributed by atoms with Crippen molar-refractivity contribution in [3.05, 3.63) is 65.6 Å². The van der Waals surface area contributed by atoms with Crippen LogP contribution in [-0.4, -0.2) is 80.5 Å². The highest BCUT2D eigenvalue weighted by Crippen LogP contribution is 2.64. The van der Waals surface area contributed by atoms with Gasteiger partial charge in [0.15, 0.2) is 6.29 Å². The first-order valence-corrected chi connectivity index (χ1v) is 13.7. The Hall–Kier alpha value is -4.86. The second-order valence-electron chi connectivity index (χ2n) is 10.6. The number of fused-ring (bicyclic) bond motifs is 2. The predicted octanol–water partition coefficient (Wildman–Crippen LogP) is 9.33. The molecule has 2 aromatic carbocycles. The maximum Gasteiger partial charge on any atom is 0.460 e. The van der Waals surface area contributed by atoms with E-state index in [0.29, 0.717) is 6.29 Å². The first-order valence-electron chi connectivity index (χ1n) is 13.7. The minimum atomic E-state index is -8.72. The van der Waals surface area contributed by atoms with E-state index >= 15 is 0 Å². The van der Waals surface area contributed by atoms with Crippen molar-refractivity contribution in [1.29, 1.82) is 0 Å². The van der Waals surface area contributed by atoms with Crippen molar-refractivity contribution in [1.82, 2.24) is 19.9 Å². The first kappa shape index (κ1) is 39.9. The highest BCUT2D eigenvalue weighted by Gasteiger charge is 2.95. The maximum atomic E-state index is 14.5. The van der Waals surface area contributed by atoms with Crippen LogP contribution < -0.4 is 4.74 Å². The van der Waals surface area contributed by atoms with Gasteiger partial charge in [0.25, 0.3) is 0 Å². The molecule has 4 rings (SSSR count). The molecule has 0 aliphatic rings. The molecule has 0 saturated carbocycles. The summed E-state index contributed by atoms with van der Waals surface area (Å²) in [6.45, 7) is -1.94. The molecule has 0 radical (unpaired) electrons. The number of para-hydroxylation sites is 4. The summed E-state index contributed by atoms with van der Waals surface area (Å²) in [5.74, 6) is -58.0. The lowest BCUT2D eigenvalue weighted by molar-refractivity contribution is -0.461. The molecular weight excluding hydrogens is 759 g/mol. The molecule has 0 unspecified atom stereocenters. The van der Waals surface area contributed by atoms with Crippen LogP contribution in [0.3, 0.4) is 0 Å². The Morgan fingerprint density at radius 2 is 0.846 bits per heavy atom. The fraction of sp³-hybridized carbons (Fsp3) is 0.345. The van der Waals surface area contributed by atoms with Crippen LogP contribution in [-0.2, 0) is 0 Å². The Morgan fingerprint density at radius 1 is 0.481 bits per heavy atom. The van der Waals surface area contributed by atoms with Gasteiger partial charge in [-0.2, -0.15) is 74.6 Å². The molecule has 0 atom stereocenters. The van der Waals surface area contributed by atoms with Crippen molar-refractivity contribution in [3.8, 4) is 5.88 Å². The van der Waals surface area contributed by atoms with Crippen LogP contribution >= 0.6 is 0 Å². The van der Waals surface area contributed by atoms with Crippen LogP contribution in [0.1, 0.15) is 28.3 Å². The van der Waals surface area contributed by atoms with Crippen molar-refractivity contribution in [2.45, 2.75) is 54.1 Å². The molecule has 282 valence electrons. The van der Waals surface area contributed by atoms with E-state index < -0.39 is 72.2 Å². The number of aromatic nitrogens is 4. The highest BCUT2D eigenvalue weighted by molar-refractivity contribution is 5.87. The Balaban J connectivity index is 1.65. The predicted molar refractivity (Wildman–Crippen MR) is 144 cm³/mol. The van der Waals surface area contributed by atoms with Gasteiger partial charge >= 0.3 is 47.6 Å². The highest BCUT2D eigenvalue weighted by atomic mass is 19.4. The monoisotopic (exact) mass is 774 g/mol. The number of hydrogen-bond acceptors (Lipinski definition) is 6. The summed E-state index contributed by atoms with van der Waals surface area (Å²) in [6, 6.07) is 11.5. The average Bonchev–Trinajstić information content (AvgIpc) is 3.05. The van der Waals surface area contributed by atoms with Crippen molar-refractivity contribution in [3.63, 3.8) is 0 Å². The zero-order chi connectivity index (χ0) is 39.3. The molecule has 4 aromatic rings. The molecule has 2 heterocycles. The van der Waals surface area contributed by atoms with Crippen molar-refractivity contribution in [2.75, 3.05) is 6.61 Å². The van der Waals surface area contributed by atoms with Crippen LogP contribution in [0, 0.1) is 0 Å². The zero-order valence-electron chi connectivity index (χ0n) is 24.8. The normalized spacial score (nSPS) is 14.4. The quantitative estimate of drug-likeness (QED) is 0.0996. The van der Waals surface area contributed by atoms with Gasteiger partial charge in [-0.3, -0.25) is 4.79 Å². The number of benzene rings is 2. The first-order chi connectivity index (χ1) is 23.7. The van der Waals surface area contributed by atoms with Gasteiger partial charge in [0, 0.05) is 0 Å². The number of hydrogen-bond donors (Lipinski definition) is 0. The summed E-state index contributed by atoms with van der Waals surface area (Å²) in [5, 5.41) is 0. The Kier molecular flexibility index (Phi) is 9.96. The molecule has 0 aliphatic carbocycles. The van der Waals surface area contributed by atoms with E-state index in [0.717, 1.165) is 12.2 Å². The number of alkyl halides is 17. The van der Waals surface area contributed by atoms with Crippen molar-refractivity contribution < 1.29 is 84.2 Å². The van der Waals surface area contributed by atoms with E-state index in [2.05, 4.69) is 19.9 Å². The van der Waals surface area contributed by atoms with Gasteiger partial charge in [0.2, 0.25) is 5.88 Å². The van der Waals surface area contributed by atoms with E-state index in [1.54, 1.807) is 12.1 Å². The van der Waals surface area contributed by atoms with Crippen molar-refractivity contribution >= 4 is 40.5 Å². The van der Waals surface area contributed by atoms with Crippen molar-refractivity contribution in [2.24, 2.45) is 0 Å². The third kappa shape index (κ3) is 6.30. The minimum absolute atomic E-state index is 0.0577. The van der Waals surface area contributed by atoms with E-state index in [9.17, 15) is 79.4 Å². The molecule has 52 heavy (non-hydrogen) atoms. The van der Waals surface area contributed by atoms with E-state index in [-0.39, 0.29) is 33.5 Å². The molecule has 0 N–H and O–H groups in total. The van der Waals surface area contributed by atoms with Gasteiger partial charge in [-0.05, 0) is 36.4 Å². The molecule has 0 bridgehead atoms. The Morgan fingerprint density at radius 3 is 1.29 bits per heavy atom. The molecule has 0 saturated heterocycles. The Labute approximate surface area is 277 Å². The fourth-order valence-corrected chi connectivity index (χ4v) is 4.24. The standard InChI is InChI=1S/C29H15F17N4O2/c30-22(31,23(32,33)24(34,35)25(36,37)26(38,39)27(40,41)28(42,43)29(44,45)46)11-12-52-21-19(48-16-7-3-4-8-17(16)50-21)10-9-18-20(13-51)49-15-6-2-1-5-14(15)47-18/h1-10,13H,11-12H2/b10-9+. The zero-order valence-corrected chi connectivity index (χ0v) is 24.8. The summed E-state index contributed by atoms with van der Waals surface area (Å²) in [4.78, 5) is 27.8. The van der Waals surface area contributed by atoms with Crippen LogP contribution in [0.15, 0.2) is 48.5 Å². The van der Waals surface area contributed by atoms with E-state index in [1.807, 2.05) is 0 Å². The molecule has 0 fully saturated rings. The van der Waals surface area contributed by atoms with Gasteiger partial charge in [0.1, 0.15) is 11.4 Å². The molecule has 0 amide bonds. The maximum absolute atomic E-state index is 14.5. The summed E-state index contributed by atoms with van der Waals surface area (Å²) < 4.78 is 236. The third-order valence-corrected chi connectivity index (χ3v) is 7.14. The molecular formula is C29H15F17N4O2. The van der Waals surface area contributed by atoms with E-state index in [4.69, 9.17) is 4.74 Å². The third-order valence-electron chi connectivity index (χ3n) is 7.14. The second kappa shape index (κ2) is 13.0. The lowest BCUT2D eigenvalue weighted by Crippen LogP contribution is -2.74. The van der Waals surface area contributed by atoms with Crippen LogP contribution in [0.2, 0.25) is 0 Å². The lowest BCUT2D eigenvalue weighted by Gasteiger charge is -2.42. The van der Waals surface area contributed by atoms with Crippen LogP contribution in [0.5, 0.6) is 5.88 Å². The van der Waals surface area contributed by atoms with Crippen LogP contribution in [0.25, 0.3) is 34.2 Å². The molecule has 0 aliphatic heterocycles. The fourth-order valence-electron chi connectivity index (χ4n) is 4.24. The van der Waals surface area contributed by atoms with Gasteiger partial charge in [-0.1, -0.05) is 24.3 Å². The van der Waals surface area contributed by atoms with Gasteiger partial charge in [0.05, 0.1) is 40.8 Å². The molecule has 23 heteroatoms. The number of halogens is 17. The average molecular weight is 774 g/mol. The number of carbonyl (C=O) groups excluding carboxylic acids is 1. The minimum Gasteiger partial charge on any atom is -0.476 e. The van der Waals surface area contributed by atoms with Crippen LogP contribution in [0.4, 0.5) is 74.6 Å². The Bertz CT molecular complexity index is 2000. The largest absolute Gasteiger partial charge is 0.476 e. The number of nitrogens with zero attached hydrogens (tertiary/aromatic N) is 4. The summed E-state index contributed by atoms with van der Waals surface area (Å²) in [7, 11) is 0. The summed E-state index contributed by atoms with van der Waals surface area (Å²) >= 11 is 0. The molecule has 6 nitrogen and oxygen atoms in total. The number of carbonyl (C=O) groups is 1. The number of rotatable bonds is 13. The van der Waals surface area contributed by atoms with Gasteiger partial charge in [-0.25, -0.2) is 19.9 Å². The summed E-state index contributed by atoms with van der Waals surface area (Å²) in [6.07, 6.45) is -8.34. The SMILES string of the molecule is O=Cc1nc2ccccc2nc1/C=C/c1nc2ccccc2nc1OCCC(F)(F)C(F)(F)C(F)(F)C(F)(F)C(F)(F)C(F)(F)C(F)(F)C(F)(F)F. The molecule has 0 spiro atoms. The topological polar surface area (TPSA) is 77.9 Å². The number of ether oxygens (including phenoxy) is 1. The smallest absolute Gasteiger partial charge is 0.460 e.